The monoisotopic (exact) mass is 317 g/mol. The number of thiophene rings is 1. The molecule has 0 atom stereocenters. The van der Waals surface area contributed by atoms with Crippen molar-refractivity contribution in [3.05, 3.63) is 28.7 Å². The largest absolute Gasteiger partial charge is 0.477 e. The SMILES string of the molecule is CC(C)(C)Nn1c(-c2ccsc2C(=O)O)nc2nccnc21. The van der Waals surface area contributed by atoms with Crippen molar-refractivity contribution >= 4 is 28.6 Å². The Morgan fingerprint density at radius 2 is 2.05 bits per heavy atom. The second-order valence-electron chi connectivity index (χ2n) is 5.80. The summed E-state index contributed by atoms with van der Waals surface area (Å²) in [6.07, 6.45) is 3.15. The third-order valence-electron chi connectivity index (χ3n) is 2.84. The van der Waals surface area contributed by atoms with E-state index >= 15 is 0 Å². The van der Waals surface area contributed by atoms with Gasteiger partial charge in [0.25, 0.3) is 0 Å². The predicted octanol–water partition coefficient (Wildman–Crippen LogP) is 2.60. The fourth-order valence-electron chi connectivity index (χ4n) is 2.08. The summed E-state index contributed by atoms with van der Waals surface area (Å²) in [7, 11) is 0. The number of aromatic carboxylic acids is 1. The van der Waals surface area contributed by atoms with Crippen LogP contribution >= 0.6 is 11.3 Å². The summed E-state index contributed by atoms with van der Waals surface area (Å²) in [6, 6.07) is 1.75. The smallest absolute Gasteiger partial charge is 0.346 e. The third-order valence-corrected chi connectivity index (χ3v) is 3.75. The van der Waals surface area contributed by atoms with Crippen molar-refractivity contribution in [1.29, 1.82) is 0 Å². The molecule has 0 saturated heterocycles. The summed E-state index contributed by atoms with van der Waals surface area (Å²) < 4.78 is 1.71. The molecular formula is C14H15N5O2S. The average molecular weight is 317 g/mol. The van der Waals surface area contributed by atoms with Gasteiger partial charge in [0, 0.05) is 23.5 Å². The normalized spacial score (nSPS) is 11.8. The lowest BCUT2D eigenvalue weighted by Crippen LogP contribution is -2.34. The van der Waals surface area contributed by atoms with Gasteiger partial charge in [-0.15, -0.1) is 11.3 Å². The minimum atomic E-state index is -0.972. The molecule has 0 saturated carbocycles. The van der Waals surface area contributed by atoms with E-state index in [1.165, 1.54) is 11.3 Å². The highest BCUT2D eigenvalue weighted by Gasteiger charge is 2.23. The molecule has 0 aliphatic carbocycles. The number of hydrogen-bond acceptors (Lipinski definition) is 6. The van der Waals surface area contributed by atoms with E-state index in [9.17, 15) is 9.90 Å². The maximum Gasteiger partial charge on any atom is 0.346 e. The Balaban J connectivity index is 2.26. The first-order valence-electron chi connectivity index (χ1n) is 6.65. The Morgan fingerprint density at radius 3 is 2.73 bits per heavy atom. The van der Waals surface area contributed by atoms with Crippen LogP contribution in [0.1, 0.15) is 30.4 Å². The van der Waals surface area contributed by atoms with Crippen LogP contribution in [-0.4, -0.2) is 36.2 Å². The number of carboxylic acid groups (broad SMARTS) is 1. The van der Waals surface area contributed by atoms with E-state index in [4.69, 9.17) is 0 Å². The molecule has 0 bridgehead atoms. The summed E-state index contributed by atoms with van der Waals surface area (Å²) in [5, 5.41) is 11.1. The highest BCUT2D eigenvalue weighted by Crippen LogP contribution is 2.29. The van der Waals surface area contributed by atoms with Crippen LogP contribution < -0.4 is 5.43 Å². The quantitative estimate of drug-likeness (QED) is 0.771. The molecule has 0 aliphatic heterocycles. The molecule has 8 heteroatoms. The summed E-state index contributed by atoms with van der Waals surface area (Å²) in [6.45, 7) is 6.01. The topological polar surface area (TPSA) is 92.9 Å². The second kappa shape index (κ2) is 5.06. The molecule has 0 spiro atoms. The van der Waals surface area contributed by atoms with E-state index in [-0.39, 0.29) is 10.4 Å². The first-order chi connectivity index (χ1) is 10.4. The molecule has 0 amide bonds. The fourth-order valence-corrected chi connectivity index (χ4v) is 2.81. The lowest BCUT2D eigenvalue weighted by Gasteiger charge is -2.24. The fraction of sp³-hybridized carbons (Fsp3) is 0.286. The van der Waals surface area contributed by atoms with E-state index in [1.807, 2.05) is 20.8 Å². The van der Waals surface area contributed by atoms with Gasteiger partial charge in [-0.3, -0.25) is 0 Å². The van der Waals surface area contributed by atoms with E-state index in [2.05, 4.69) is 20.4 Å². The number of fused-ring (bicyclic) bond motifs is 1. The van der Waals surface area contributed by atoms with Gasteiger partial charge in [0.2, 0.25) is 0 Å². The zero-order valence-corrected chi connectivity index (χ0v) is 13.2. The second-order valence-corrected chi connectivity index (χ2v) is 6.72. The lowest BCUT2D eigenvalue weighted by molar-refractivity contribution is 0.0703. The summed E-state index contributed by atoms with van der Waals surface area (Å²) >= 11 is 1.17. The summed E-state index contributed by atoms with van der Waals surface area (Å²) in [4.78, 5) is 24.6. The van der Waals surface area contributed by atoms with Crippen LogP contribution in [0.3, 0.4) is 0 Å². The number of carbonyl (C=O) groups is 1. The van der Waals surface area contributed by atoms with Crippen LogP contribution in [0.2, 0.25) is 0 Å². The van der Waals surface area contributed by atoms with Gasteiger partial charge in [-0.1, -0.05) is 0 Å². The van der Waals surface area contributed by atoms with Gasteiger partial charge in [-0.2, -0.15) is 0 Å². The van der Waals surface area contributed by atoms with Gasteiger partial charge in [-0.25, -0.2) is 24.4 Å². The van der Waals surface area contributed by atoms with Gasteiger partial charge in [-0.05, 0) is 32.2 Å². The highest BCUT2D eigenvalue weighted by molar-refractivity contribution is 7.12. The first-order valence-corrected chi connectivity index (χ1v) is 7.53. The molecule has 0 unspecified atom stereocenters. The minimum Gasteiger partial charge on any atom is -0.477 e. The molecule has 0 aliphatic rings. The van der Waals surface area contributed by atoms with Gasteiger partial charge < -0.3 is 10.5 Å². The molecule has 7 nitrogen and oxygen atoms in total. The average Bonchev–Trinajstić information content (AvgIpc) is 3.02. The van der Waals surface area contributed by atoms with Crippen molar-refractivity contribution in [2.45, 2.75) is 26.3 Å². The number of aromatic nitrogens is 4. The van der Waals surface area contributed by atoms with Gasteiger partial charge in [0.15, 0.2) is 17.1 Å². The molecular weight excluding hydrogens is 302 g/mol. The molecule has 0 aromatic carbocycles. The standard InChI is InChI=1S/C14H15N5O2S/c1-14(2,3)18-19-11(8-4-7-22-9(8)13(20)21)17-10-12(19)16-6-5-15-10/h4-7,18H,1-3H3,(H,20,21). The van der Waals surface area contributed by atoms with Crippen molar-refractivity contribution in [1.82, 2.24) is 19.6 Å². The molecule has 0 fully saturated rings. The van der Waals surface area contributed by atoms with Crippen LogP contribution in [0.15, 0.2) is 23.8 Å². The number of nitrogens with zero attached hydrogens (tertiary/aromatic N) is 4. The van der Waals surface area contributed by atoms with Crippen LogP contribution in [0.5, 0.6) is 0 Å². The number of carboxylic acids is 1. The van der Waals surface area contributed by atoms with Crippen molar-refractivity contribution in [2.75, 3.05) is 5.43 Å². The van der Waals surface area contributed by atoms with Crippen molar-refractivity contribution in [3.8, 4) is 11.4 Å². The summed E-state index contributed by atoms with van der Waals surface area (Å²) in [5.41, 5.74) is 4.62. The Labute approximate surface area is 130 Å². The minimum absolute atomic E-state index is 0.243. The zero-order chi connectivity index (χ0) is 15.9. The first kappa shape index (κ1) is 14.5. The van der Waals surface area contributed by atoms with Crippen LogP contribution in [0.25, 0.3) is 22.7 Å². The molecule has 114 valence electrons. The summed E-state index contributed by atoms with van der Waals surface area (Å²) in [5.74, 6) is -0.477. The van der Waals surface area contributed by atoms with Crippen LogP contribution in [0.4, 0.5) is 0 Å². The van der Waals surface area contributed by atoms with Gasteiger partial charge in [0.1, 0.15) is 4.88 Å². The lowest BCUT2D eigenvalue weighted by atomic mass is 10.1. The Morgan fingerprint density at radius 1 is 1.32 bits per heavy atom. The number of hydrogen-bond donors (Lipinski definition) is 2. The van der Waals surface area contributed by atoms with Crippen LogP contribution in [-0.2, 0) is 0 Å². The van der Waals surface area contributed by atoms with Crippen molar-refractivity contribution in [3.63, 3.8) is 0 Å². The van der Waals surface area contributed by atoms with E-state index in [1.54, 1.807) is 28.5 Å². The van der Waals surface area contributed by atoms with Gasteiger partial charge in [0.05, 0.1) is 0 Å². The molecule has 3 heterocycles. The van der Waals surface area contributed by atoms with Gasteiger partial charge >= 0.3 is 5.97 Å². The number of rotatable bonds is 3. The Kier molecular flexibility index (Phi) is 3.32. The third kappa shape index (κ3) is 2.52. The molecule has 3 aromatic heterocycles. The predicted molar refractivity (Wildman–Crippen MR) is 84.7 cm³/mol. The van der Waals surface area contributed by atoms with E-state index in [0.29, 0.717) is 22.7 Å². The Hall–Kier alpha value is -2.48. The maximum absolute atomic E-state index is 11.4. The molecule has 22 heavy (non-hydrogen) atoms. The van der Waals surface area contributed by atoms with E-state index in [0.717, 1.165) is 0 Å². The molecule has 2 N–H and O–H groups in total. The van der Waals surface area contributed by atoms with E-state index < -0.39 is 5.97 Å². The Bertz CT molecular complexity index is 846. The number of nitrogens with one attached hydrogen (secondary N) is 1. The molecule has 0 radical (unpaired) electrons. The zero-order valence-electron chi connectivity index (χ0n) is 12.4. The van der Waals surface area contributed by atoms with Crippen LogP contribution in [0, 0.1) is 0 Å². The molecule has 3 rings (SSSR count). The highest BCUT2D eigenvalue weighted by atomic mass is 32.1. The van der Waals surface area contributed by atoms with Crippen molar-refractivity contribution < 1.29 is 9.90 Å². The maximum atomic E-state index is 11.4. The number of imidazole rings is 1. The molecule has 3 aromatic rings. The van der Waals surface area contributed by atoms with Crippen molar-refractivity contribution in [2.24, 2.45) is 0 Å².